The van der Waals surface area contributed by atoms with Crippen LogP contribution in [0.15, 0.2) is 18.2 Å². The van der Waals surface area contributed by atoms with Crippen LogP contribution in [0, 0.1) is 0 Å². The molecule has 0 aliphatic carbocycles. The molecule has 0 atom stereocenters. The van der Waals surface area contributed by atoms with Crippen LogP contribution >= 0.6 is 11.6 Å². The molecule has 16 heavy (non-hydrogen) atoms. The molecule has 4 heteroatoms. The second-order valence-electron chi connectivity index (χ2n) is 4.14. The van der Waals surface area contributed by atoms with Crippen LogP contribution in [0.3, 0.4) is 0 Å². The zero-order chi connectivity index (χ0) is 11.4. The number of hydrogen-bond acceptors (Lipinski definition) is 3. The van der Waals surface area contributed by atoms with E-state index in [0.717, 1.165) is 29.4 Å². The smallest absolute Gasteiger partial charge is 0.0930 e. The highest BCUT2D eigenvalue weighted by Gasteiger charge is 2.13. The molecule has 0 saturated carbocycles. The highest BCUT2D eigenvalue weighted by atomic mass is 35.5. The Morgan fingerprint density at radius 2 is 2.00 bits per heavy atom. The van der Waals surface area contributed by atoms with Gasteiger partial charge in [0.05, 0.1) is 17.3 Å². The fraction of sp³-hybridized carbons (Fsp3) is 0.500. The highest BCUT2D eigenvalue weighted by Crippen LogP contribution is 2.29. The Bertz CT molecular complexity index is 351. The van der Waals surface area contributed by atoms with Gasteiger partial charge in [0.2, 0.25) is 0 Å². The lowest BCUT2D eigenvalue weighted by Gasteiger charge is -2.29. The minimum atomic E-state index is 0.403. The van der Waals surface area contributed by atoms with E-state index in [-0.39, 0.29) is 0 Å². The summed E-state index contributed by atoms with van der Waals surface area (Å²) in [7, 11) is 0. The number of rotatable bonds is 3. The molecule has 0 unspecified atom stereocenters. The van der Waals surface area contributed by atoms with Crippen LogP contribution in [0.4, 0.5) is 5.69 Å². The van der Waals surface area contributed by atoms with Crippen molar-refractivity contribution in [2.24, 2.45) is 5.90 Å². The Balaban J connectivity index is 2.14. The predicted molar refractivity (Wildman–Crippen MR) is 66.5 cm³/mol. The van der Waals surface area contributed by atoms with E-state index in [1.54, 1.807) is 0 Å². The first kappa shape index (κ1) is 11.7. The summed E-state index contributed by atoms with van der Waals surface area (Å²) < 4.78 is 0. The van der Waals surface area contributed by atoms with E-state index in [9.17, 15) is 0 Å². The Kier molecular flexibility index (Phi) is 4.04. The zero-order valence-corrected chi connectivity index (χ0v) is 10.0. The minimum Gasteiger partial charge on any atom is -0.370 e. The van der Waals surface area contributed by atoms with E-state index in [1.807, 2.05) is 12.1 Å². The van der Waals surface area contributed by atoms with Crippen molar-refractivity contribution >= 4 is 17.3 Å². The van der Waals surface area contributed by atoms with Gasteiger partial charge < -0.3 is 4.90 Å². The lowest BCUT2D eigenvalue weighted by molar-refractivity contribution is 0.124. The first-order chi connectivity index (χ1) is 7.81. The molecule has 1 fully saturated rings. The van der Waals surface area contributed by atoms with Gasteiger partial charge in [-0.3, -0.25) is 4.84 Å². The maximum atomic E-state index is 6.26. The van der Waals surface area contributed by atoms with Gasteiger partial charge in [0, 0.05) is 13.1 Å². The summed E-state index contributed by atoms with van der Waals surface area (Å²) in [4.78, 5) is 6.94. The van der Waals surface area contributed by atoms with Gasteiger partial charge in [-0.25, -0.2) is 5.90 Å². The standard InChI is InChI=1S/C12H17ClN2O/c13-11-8-10(9-16-14)4-5-12(11)15-6-2-1-3-7-15/h4-5,8H,1-3,6-7,9,14H2. The second-order valence-corrected chi connectivity index (χ2v) is 4.55. The van der Waals surface area contributed by atoms with Crippen LogP contribution < -0.4 is 10.8 Å². The van der Waals surface area contributed by atoms with Crippen LogP contribution in [-0.2, 0) is 11.4 Å². The van der Waals surface area contributed by atoms with Crippen LogP contribution in [0.5, 0.6) is 0 Å². The SMILES string of the molecule is NOCc1ccc(N2CCCCC2)c(Cl)c1. The third-order valence-electron chi connectivity index (χ3n) is 2.96. The minimum absolute atomic E-state index is 0.403. The molecule has 3 nitrogen and oxygen atoms in total. The summed E-state index contributed by atoms with van der Waals surface area (Å²) in [5.74, 6) is 5.04. The third-order valence-corrected chi connectivity index (χ3v) is 3.26. The molecule has 2 N–H and O–H groups in total. The van der Waals surface area contributed by atoms with E-state index >= 15 is 0 Å². The van der Waals surface area contributed by atoms with Gasteiger partial charge >= 0.3 is 0 Å². The number of anilines is 1. The van der Waals surface area contributed by atoms with Gasteiger partial charge in [-0.2, -0.15) is 0 Å². The van der Waals surface area contributed by atoms with Crippen LogP contribution in [0.1, 0.15) is 24.8 Å². The maximum Gasteiger partial charge on any atom is 0.0930 e. The summed E-state index contributed by atoms with van der Waals surface area (Å²) in [5, 5.41) is 0.788. The molecule has 0 radical (unpaired) electrons. The number of piperidine rings is 1. The van der Waals surface area contributed by atoms with Crippen LogP contribution in [-0.4, -0.2) is 13.1 Å². The molecule has 2 rings (SSSR count). The van der Waals surface area contributed by atoms with E-state index in [2.05, 4.69) is 15.8 Å². The normalized spacial score (nSPS) is 16.5. The summed E-state index contributed by atoms with van der Waals surface area (Å²) in [6, 6.07) is 6.00. The van der Waals surface area contributed by atoms with Crippen molar-refractivity contribution in [2.45, 2.75) is 25.9 Å². The molecule has 1 aromatic carbocycles. The lowest BCUT2D eigenvalue weighted by atomic mass is 10.1. The van der Waals surface area contributed by atoms with Crippen molar-refractivity contribution in [3.63, 3.8) is 0 Å². The van der Waals surface area contributed by atoms with Gasteiger partial charge in [0.25, 0.3) is 0 Å². The molecule has 0 spiro atoms. The van der Waals surface area contributed by atoms with E-state index in [1.165, 1.54) is 19.3 Å². The quantitative estimate of drug-likeness (QED) is 0.826. The Morgan fingerprint density at radius 3 is 2.62 bits per heavy atom. The van der Waals surface area contributed by atoms with E-state index in [0.29, 0.717) is 6.61 Å². The molecular weight excluding hydrogens is 224 g/mol. The summed E-state index contributed by atoms with van der Waals surface area (Å²) in [5.41, 5.74) is 2.13. The fourth-order valence-corrected chi connectivity index (χ4v) is 2.45. The topological polar surface area (TPSA) is 38.5 Å². The zero-order valence-electron chi connectivity index (χ0n) is 9.29. The molecule has 88 valence electrons. The third kappa shape index (κ3) is 2.67. The Labute approximate surface area is 101 Å². The molecule has 1 aromatic rings. The number of nitrogens with two attached hydrogens (primary N) is 1. The number of halogens is 1. The molecule has 1 heterocycles. The van der Waals surface area contributed by atoms with Gasteiger partial charge in [0.1, 0.15) is 0 Å². The van der Waals surface area contributed by atoms with Crippen molar-refractivity contribution in [1.29, 1.82) is 0 Å². The molecular formula is C12H17ClN2O. The number of benzene rings is 1. The van der Waals surface area contributed by atoms with Crippen molar-refractivity contribution in [2.75, 3.05) is 18.0 Å². The number of hydrogen-bond donors (Lipinski definition) is 1. The van der Waals surface area contributed by atoms with Gasteiger partial charge in [-0.05, 0) is 37.0 Å². The molecule has 0 amide bonds. The van der Waals surface area contributed by atoms with Gasteiger partial charge in [-0.1, -0.05) is 17.7 Å². The van der Waals surface area contributed by atoms with E-state index in [4.69, 9.17) is 17.5 Å². The molecule has 1 saturated heterocycles. The van der Waals surface area contributed by atoms with Crippen LogP contribution in [0.2, 0.25) is 5.02 Å². The van der Waals surface area contributed by atoms with Crippen molar-refractivity contribution in [1.82, 2.24) is 0 Å². The molecule has 0 bridgehead atoms. The van der Waals surface area contributed by atoms with Crippen molar-refractivity contribution in [3.8, 4) is 0 Å². The summed E-state index contributed by atoms with van der Waals surface area (Å²) in [6.45, 7) is 2.61. The van der Waals surface area contributed by atoms with Crippen molar-refractivity contribution < 1.29 is 4.84 Å². The largest absolute Gasteiger partial charge is 0.370 e. The fourth-order valence-electron chi connectivity index (χ4n) is 2.13. The van der Waals surface area contributed by atoms with Crippen molar-refractivity contribution in [3.05, 3.63) is 28.8 Å². The summed E-state index contributed by atoms with van der Waals surface area (Å²) in [6.07, 6.45) is 3.83. The van der Waals surface area contributed by atoms with Gasteiger partial charge in [-0.15, -0.1) is 0 Å². The number of nitrogens with zero attached hydrogens (tertiary/aromatic N) is 1. The van der Waals surface area contributed by atoms with E-state index < -0.39 is 0 Å². The lowest BCUT2D eigenvalue weighted by Crippen LogP contribution is -2.29. The average molecular weight is 241 g/mol. The van der Waals surface area contributed by atoms with Gasteiger partial charge in [0.15, 0.2) is 0 Å². The second kappa shape index (κ2) is 5.53. The molecule has 1 aliphatic rings. The maximum absolute atomic E-state index is 6.26. The Hall–Kier alpha value is -0.770. The first-order valence-electron chi connectivity index (χ1n) is 5.66. The average Bonchev–Trinajstić information content (AvgIpc) is 2.31. The van der Waals surface area contributed by atoms with Crippen LogP contribution in [0.25, 0.3) is 0 Å². The summed E-state index contributed by atoms with van der Waals surface area (Å²) >= 11 is 6.26. The molecule has 0 aromatic heterocycles. The molecule has 1 aliphatic heterocycles. The first-order valence-corrected chi connectivity index (χ1v) is 6.04. The Morgan fingerprint density at radius 1 is 1.25 bits per heavy atom. The predicted octanol–water partition coefficient (Wildman–Crippen LogP) is 2.72. The monoisotopic (exact) mass is 240 g/mol. The highest BCUT2D eigenvalue weighted by molar-refractivity contribution is 6.33.